The molecule has 0 bridgehead atoms. The van der Waals surface area contributed by atoms with Crippen LogP contribution in [0.5, 0.6) is 5.88 Å². The number of rotatable bonds is 3. The highest BCUT2D eigenvalue weighted by atomic mass is 16.5. The monoisotopic (exact) mass is 281 g/mol. The Morgan fingerprint density at radius 3 is 2.76 bits per heavy atom. The lowest BCUT2D eigenvalue weighted by atomic mass is 10.1. The van der Waals surface area contributed by atoms with Crippen molar-refractivity contribution in [2.45, 2.75) is 6.92 Å². The number of hydrogen-bond acceptors (Lipinski definition) is 4. The molecule has 5 nitrogen and oxygen atoms in total. The van der Waals surface area contributed by atoms with Crippen LogP contribution in [0.4, 0.5) is 5.69 Å². The third kappa shape index (κ3) is 2.76. The fourth-order valence-corrected chi connectivity index (χ4v) is 2.19. The average Bonchev–Trinajstić information content (AvgIpc) is 2.67. The topological polar surface area (TPSA) is 63.6 Å². The summed E-state index contributed by atoms with van der Waals surface area (Å²) in [7, 11) is 0. The van der Waals surface area contributed by atoms with Gasteiger partial charge >= 0.3 is 0 Å². The van der Waals surface area contributed by atoms with Crippen LogP contribution in [0.25, 0.3) is 0 Å². The molecule has 0 saturated carbocycles. The van der Waals surface area contributed by atoms with Gasteiger partial charge in [-0.3, -0.25) is 9.79 Å². The third-order valence-electron chi connectivity index (χ3n) is 3.09. The first-order chi connectivity index (χ1) is 10.3. The van der Waals surface area contributed by atoms with Crippen molar-refractivity contribution in [3.8, 4) is 5.88 Å². The lowest BCUT2D eigenvalue weighted by Gasteiger charge is -2.11. The van der Waals surface area contributed by atoms with Gasteiger partial charge in [-0.05, 0) is 13.0 Å². The number of nitrogens with zero attached hydrogens (tertiary/aromatic N) is 2. The Hall–Kier alpha value is -2.69. The molecule has 0 saturated heterocycles. The first-order valence-corrected chi connectivity index (χ1v) is 6.82. The number of aromatic nitrogens is 1. The summed E-state index contributed by atoms with van der Waals surface area (Å²) in [5.41, 5.74) is 2.92. The van der Waals surface area contributed by atoms with Gasteiger partial charge in [-0.15, -0.1) is 0 Å². The number of anilines is 1. The molecular formula is C16H15N3O2. The molecule has 1 aliphatic heterocycles. The Morgan fingerprint density at radius 1 is 1.19 bits per heavy atom. The van der Waals surface area contributed by atoms with Gasteiger partial charge in [0.25, 0.3) is 0 Å². The largest absolute Gasteiger partial charge is 0.478 e. The number of hydrogen-bond donors (Lipinski definition) is 1. The van der Waals surface area contributed by atoms with Gasteiger partial charge in [-0.2, -0.15) is 0 Å². The van der Waals surface area contributed by atoms with E-state index in [1.54, 1.807) is 12.1 Å². The summed E-state index contributed by atoms with van der Waals surface area (Å²) in [6.45, 7) is 2.53. The maximum absolute atomic E-state index is 11.8. The highest BCUT2D eigenvalue weighted by molar-refractivity contribution is 6.18. The van der Waals surface area contributed by atoms with Gasteiger partial charge in [0.1, 0.15) is 12.2 Å². The van der Waals surface area contributed by atoms with Crippen LogP contribution in [0.15, 0.2) is 47.5 Å². The Balaban J connectivity index is 2.13. The summed E-state index contributed by atoms with van der Waals surface area (Å²) >= 11 is 0. The van der Waals surface area contributed by atoms with Crippen molar-refractivity contribution < 1.29 is 9.53 Å². The maximum Gasteiger partial charge on any atom is 0.246 e. The van der Waals surface area contributed by atoms with Gasteiger partial charge in [0.2, 0.25) is 11.8 Å². The summed E-state index contributed by atoms with van der Waals surface area (Å²) in [4.78, 5) is 20.6. The molecule has 1 aromatic heterocycles. The number of aliphatic imine (C=N–C) groups is 1. The normalized spacial score (nSPS) is 13.8. The Morgan fingerprint density at radius 2 is 2.00 bits per heavy atom. The Bertz CT molecular complexity index is 696. The van der Waals surface area contributed by atoms with Crippen LogP contribution >= 0.6 is 0 Å². The molecule has 5 heteroatoms. The molecule has 0 aliphatic carbocycles. The standard InChI is InChI=1S/C16H15N3O2/c1-2-21-14-9-8-12-16(19-14)15(17-10-13(20)18-12)11-6-4-3-5-7-11/h3-9H,2,10H2,1H3,(H,18,20). The van der Waals surface area contributed by atoms with Crippen molar-refractivity contribution in [2.24, 2.45) is 4.99 Å². The van der Waals surface area contributed by atoms with Crippen molar-refractivity contribution in [1.82, 2.24) is 4.98 Å². The van der Waals surface area contributed by atoms with Gasteiger partial charge in [0.05, 0.1) is 18.0 Å². The van der Waals surface area contributed by atoms with Crippen molar-refractivity contribution in [3.05, 3.63) is 53.7 Å². The van der Waals surface area contributed by atoms with Crippen LogP contribution < -0.4 is 10.1 Å². The predicted octanol–water partition coefficient (Wildman–Crippen LogP) is 2.27. The van der Waals surface area contributed by atoms with E-state index in [2.05, 4.69) is 15.3 Å². The quantitative estimate of drug-likeness (QED) is 0.938. The second-order valence-corrected chi connectivity index (χ2v) is 4.56. The second kappa shape index (κ2) is 5.75. The molecule has 1 aliphatic rings. The molecule has 1 aromatic carbocycles. The number of pyridine rings is 1. The molecule has 2 aromatic rings. The smallest absolute Gasteiger partial charge is 0.246 e. The second-order valence-electron chi connectivity index (χ2n) is 4.56. The van der Waals surface area contributed by atoms with E-state index in [0.29, 0.717) is 29.6 Å². The van der Waals surface area contributed by atoms with E-state index >= 15 is 0 Å². The van der Waals surface area contributed by atoms with Crippen molar-refractivity contribution in [3.63, 3.8) is 0 Å². The van der Waals surface area contributed by atoms with E-state index in [0.717, 1.165) is 5.56 Å². The van der Waals surface area contributed by atoms with Crippen LogP contribution in [0.3, 0.4) is 0 Å². The number of ether oxygens (including phenoxy) is 1. The summed E-state index contributed by atoms with van der Waals surface area (Å²) in [6.07, 6.45) is 0. The number of nitrogens with one attached hydrogen (secondary N) is 1. The molecule has 0 spiro atoms. The predicted molar refractivity (Wildman–Crippen MR) is 81.0 cm³/mol. The lowest BCUT2D eigenvalue weighted by molar-refractivity contribution is -0.114. The molecule has 1 N–H and O–H groups in total. The number of benzene rings is 1. The van der Waals surface area contributed by atoms with Crippen molar-refractivity contribution >= 4 is 17.3 Å². The number of fused-ring (bicyclic) bond motifs is 1. The van der Waals surface area contributed by atoms with E-state index in [1.807, 2.05) is 37.3 Å². The van der Waals surface area contributed by atoms with Crippen LogP contribution in [0.1, 0.15) is 18.2 Å². The first kappa shape index (κ1) is 13.3. The summed E-state index contributed by atoms with van der Waals surface area (Å²) in [5.74, 6) is 0.379. The molecule has 3 rings (SSSR count). The highest BCUT2D eigenvalue weighted by Crippen LogP contribution is 2.23. The van der Waals surface area contributed by atoms with Crippen molar-refractivity contribution in [2.75, 3.05) is 18.5 Å². The lowest BCUT2D eigenvalue weighted by Crippen LogP contribution is -2.14. The SMILES string of the molecule is CCOc1ccc2c(n1)C(c1ccccc1)=NCC(=O)N2. The molecule has 0 unspecified atom stereocenters. The molecule has 21 heavy (non-hydrogen) atoms. The molecular weight excluding hydrogens is 266 g/mol. The minimum Gasteiger partial charge on any atom is -0.478 e. The zero-order valence-corrected chi connectivity index (χ0v) is 11.7. The fraction of sp³-hybridized carbons (Fsp3) is 0.188. The van der Waals surface area contributed by atoms with Gasteiger partial charge in [-0.25, -0.2) is 4.98 Å². The van der Waals surface area contributed by atoms with Crippen molar-refractivity contribution in [1.29, 1.82) is 0 Å². The van der Waals surface area contributed by atoms with Crippen LogP contribution in [0.2, 0.25) is 0 Å². The number of amides is 1. The molecule has 0 radical (unpaired) electrons. The van der Waals surface area contributed by atoms with E-state index in [1.165, 1.54) is 0 Å². The van der Waals surface area contributed by atoms with Gasteiger partial charge < -0.3 is 10.1 Å². The molecule has 106 valence electrons. The van der Waals surface area contributed by atoms with Gasteiger partial charge in [-0.1, -0.05) is 30.3 Å². The molecule has 2 heterocycles. The molecule has 0 atom stereocenters. The van der Waals surface area contributed by atoms with Gasteiger partial charge in [0.15, 0.2) is 0 Å². The zero-order valence-electron chi connectivity index (χ0n) is 11.7. The molecule has 0 fully saturated rings. The zero-order chi connectivity index (χ0) is 14.7. The van der Waals surface area contributed by atoms with Crippen LogP contribution in [-0.4, -0.2) is 29.8 Å². The van der Waals surface area contributed by atoms with Crippen LogP contribution in [-0.2, 0) is 4.79 Å². The van der Waals surface area contributed by atoms with E-state index in [-0.39, 0.29) is 12.5 Å². The summed E-state index contributed by atoms with van der Waals surface area (Å²) in [6, 6.07) is 13.3. The van der Waals surface area contributed by atoms with E-state index < -0.39 is 0 Å². The highest BCUT2D eigenvalue weighted by Gasteiger charge is 2.20. The number of carbonyl (C=O) groups excluding carboxylic acids is 1. The summed E-state index contributed by atoms with van der Waals surface area (Å²) in [5, 5.41) is 2.82. The third-order valence-corrected chi connectivity index (χ3v) is 3.09. The fourth-order valence-electron chi connectivity index (χ4n) is 2.19. The average molecular weight is 281 g/mol. The van der Waals surface area contributed by atoms with E-state index in [4.69, 9.17) is 4.74 Å². The number of carbonyl (C=O) groups is 1. The molecule has 1 amide bonds. The van der Waals surface area contributed by atoms with Crippen LogP contribution in [0, 0.1) is 0 Å². The maximum atomic E-state index is 11.8. The minimum atomic E-state index is -0.145. The minimum absolute atomic E-state index is 0.0879. The van der Waals surface area contributed by atoms with E-state index in [9.17, 15) is 4.79 Å². The Labute approximate surface area is 122 Å². The summed E-state index contributed by atoms with van der Waals surface area (Å²) < 4.78 is 5.44. The first-order valence-electron chi connectivity index (χ1n) is 6.82. The van der Waals surface area contributed by atoms with Gasteiger partial charge in [0, 0.05) is 11.6 Å². The Kier molecular flexibility index (Phi) is 3.64.